The first-order chi connectivity index (χ1) is 13.1. The van der Waals surface area contributed by atoms with Gasteiger partial charge < -0.3 is 4.57 Å². The second-order valence-corrected chi connectivity index (χ2v) is 9.71. The minimum absolute atomic E-state index is 0.176. The van der Waals surface area contributed by atoms with Crippen LogP contribution in [0.5, 0.6) is 0 Å². The summed E-state index contributed by atoms with van der Waals surface area (Å²) < 4.78 is 4.38. The van der Waals surface area contributed by atoms with Crippen LogP contribution in [-0.2, 0) is 13.0 Å². The number of hydrogen-bond donors (Lipinski definition) is 0. The molecule has 0 N–H and O–H groups in total. The molecule has 0 spiro atoms. The second kappa shape index (κ2) is 8.00. The monoisotopic (exact) mass is 412 g/mol. The van der Waals surface area contributed by atoms with E-state index in [9.17, 15) is 4.79 Å². The van der Waals surface area contributed by atoms with E-state index >= 15 is 0 Å². The Morgan fingerprint density at radius 2 is 2.04 bits per heavy atom. The van der Waals surface area contributed by atoms with Crippen LogP contribution in [0.2, 0.25) is 0 Å². The van der Waals surface area contributed by atoms with E-state index in [0.717, 1.165) is 39.8 Å². The lowest BCUT2D eigenvalue weighted by molar-refractivity contribution is 0.102. The summed E-state index contributed by atoms with van der Waals surface area (Å²) in [5.41, 5.74) is 4.06. The van der Waals surface area contributed by atoms with Crippen molar-refractivity contribution in [2.24, 2.45) is 0 Å². The number of fused-ring (bicyclic) bond motifs is 1. The lowest BCUT2D eigenvalue weighted by Crippen LogP contribution is -2.08. The summed E-state index contributed by atoms with van der Waals surface area (Å²) in [7, 11) is 0. The first-order valence-electron chi connectivity index (χ1n) is 8.82. The highest BCUT2D eigenvalue weighted by Gasteiger charge is 2.17. The van der Waals surface area contributed by atoms with Crippen molar-refractivity contribution < 1.29 is 4.79 Å². The van der Waals surface area contributed by atoms with E-state index < -0.39 is 0 Å². The smallest absolute Gasteiger partial charge is 0.174 e. The first-order valence-corrected chi connectivity index (χ1v) is 11.5. The highest BCUT2D eigenvalue weighted by atomic mass is 32.2. The van der Waals surface area contributed by atoms with Gasteiger partial charge in [-0.15, -0.1) is 22.7 Å². The Morgan fingerprint density at radius 1 is 1.19 bits per heavy atom. The van der Waals surface area contributed by atoms with Crippen LogP contribution in [0.15, 0.2) is 52.2 Å². The summed E-state index contributed by atoms with van der Waals surface area (Å²) in [6.07, 6.45) is 1.00. The maximum absolute atomic E-state index is 12.8. The number of para-hydroxylation sites is 1. The molecular formula is C21H20N2OS3. The number of benzene rings is 1. The molecule has 3 aromatic heterocycles. The highest BCUT2D eigenvalue weighted by Crippen LogP contribution is 2.30. The molecule has 0 unspecified atom stereocenters. The first kappa shape index (κ1) is 18.5. The molecule has 138 valence electrons. The number of thioether (sulfide) groups is 1. The summed E-state index contributed by atoms with van der Waals surface area (Å²) >= 11 is 4.97. The van der Waals surface area contributed by atoms with Crippen molar-refractivity contribution in [2.75, 3.05) is 5.75 Å². The van der Waals surface area contributed by atoms with Crippen LogP contribution in [0.3, 0.4) is 0 Å². The van der Waals surface area contributed by atoms with Gasteiger partial charge in [-0.05, 0) is 49.9 Å². The third-order valence-electron chi connectivity index (χ3n) is 4.64. The Balaban J connectivity index is 1.44. The van der Waals surface area contributed by atoms with Gasteiger partial charge in [0.2, 0.25) is 0 Å². The molecule has 0 aliphatic rings. The molecule has 0 saturated carbocycles. The van der Waals surface area contributed by atoms with Crippen LogP contribution in [0.25, 0.3) is 10.2 Å². The SMILES string of the molecule is Cc1cc(C(=O)CSc2nc3ccccc3s2)c(C)n1CCc1cccs1. The molecule has 4 rings (SSSR count). The molecule has 0 radical (unpaired) electrons. The van der Waals surface area contributed by atoms with Crippen LogP contribution in [0.1, 0.15) is 26.6 Å². The molecule has 3 nitrogen and oxygen atoms in total. The number of aromatic nitrogens is 2. The van der Waals surface area contributed by atoms with Crippen molar-refractivity contribution in [3.63, 3.8) is 0 Å². The van der Waals surface area contributed by atoms with Gasteiger partial charge in [0.15, 0.2) is 10.1 Å². The van der Waals surface area contributed by atoms with E-state index in [1.807, 2.05) is 24.3 Å². The van der Waals surface area contributed by atoms with Crippen molar-refractivity contribution >= 4 is 50.4 Å². The molecule has 27 heavy (non-hydrogen) atoms. The number of nitrogens with zero attached hydrogens (tertiary/aromatic N) is 2. The summed E-state index contributed by atoms with van der Waals surface area (Å²) in [4.78, 5) is 18.8. The molecule has 0 aliphatic carbocycles. The third-order valence-corrected chi connectivity index (χ3v) is 7.75. The number of thiazole rings is 1. The molecule has 6 heteroatoms. The molecule has 0 amide bonds. The lowest BCUT2D eigenvalue weighted by Gasteiger charge is -2.09. The van der Waals surface area contributed by atoms with Crippen LogP contribution >= 0.6 is 34.4 Å². The Kier molecular flexibility index (Phi) is 5.48. The van der Waals surface area contributed by atoms with Gasteiger partial charge in [-0.25, -0.2) is 4.98 Å². The highest BCUT2D eigenvalue weighted by molar-refractivity contribution is 8.01. The quantitative estimate of drug-likeness (QED) is 0.276. The van der Waals surface area contributed by atoms with Gasteiger partial charge in [-0.1, -0.05) is 30.0 Å². The molecule has 0 fully saturated rings. The van der Waals surface area contributed by atoms with E-state index in [-0.39, 0.29) is 5.78 Å². The number of thiophene rings is 1. The predicted octanol–water partition coefficient (Wildman–Crippen LogP) is 5.99. The van der Waals surface area contributed by atoms with Gasteiger partial charge in [0.1, 0.15) is 0 Å². The Hall–Kier alpha value is -1.89. The number of aryl methyl sites for hydroxylation is 2. The van der Waals surface area contributed by atoms with Crippen LogP contribution in [0.4, 0.5) is 0 Å². The standard InChI is InChI=1S/C21H20N2OS3/c1-14-12-17(15(2)23(14)10-9-16-6-5-11-25-16)19(24)13-26-21-22-18-7-3-4-8-20(18)27-21/h3-8,11-12H,9-10,13H2,1-2H3. The molecular weight excluding hydrogens is 392 g/mol. The summed E-state index contributed by atoms with van der Waals surface area (Å²) in [6.45, 7) is 5.05. The van der Waals surface area contributed by atoms with Gasteiger partial charge in [0, 0.05) is 28.4 Å². The Labute approximate surface area is 171 Å². The summed E-state index contributed by atoms with van der Waals surface area (Å²) in [6, 6.07) is 14.4. The van der Waals surface area contributed by atoms with Crippen LogP contribution < -0.4 is 0 Å². The molecule has 0 saturated heterocycles. The molecule has 0 aliphatic heterocycles. The van der Waals surface area contributed by atoms with Crippen molar-refractivity contribution in [1.82, 2.24) is 9.55 Å². The lowest BCUT2D eigenvalue weighted by atomic mass is 10.2. The zero-order valence-electron chi connectivity index (χ0n) is 15.3. The summed E-state index contributed by atoms with van der Waals surface area (Å²) in [5, 5.41) is 2.11. The van der Waals surface area contributed by atoms with E-state index in [4.69, 9.17) is 0 Å². The van der Waals surface area contributed by atoms with Crippen LogP contribution in [0, 0.1) is 13.8 Å². The van der Waals surface area contributed by atoms with Gasteiger partial charge in [0.25, 0.3) is 0 Å². The van der Waals surface area contributed by atoms with E-state index in [1.165, 1.54) is 21.3 Å². The van der Waals surface area contributed by atoms with E-state index in [1.54, 1.807) is 22.7 Å². The largest absolute Gasteiger partial charge is 0.348 e. The number of ketones is 1. The maximum atomic E-state index is 12.8. The van der Waals surface area contributed by atoms with Gasteiger partial charge in [-0.3, -0.25) is 4.79 Å². The predicted molar refractivity (Wildman–Crippen MR) is 117 cm³/mol. The fourth-order valence-electron chi connectivity index (χ4n) is 3.22. The average molecular weight is 413 g/mol. The van der Waals surface area contributed by atoms with Crippen LogP contribution in [-0.4, -0.2) is 21.1 Å². The normalized spacial score (nSPS) is 11.3. The topological polar surface area (TPSA) is 34.9 Å². The van der Waals surface area contributed by atoms with Crippen molar-refractivity contribution in [1.29, 1.82) is 0 Å². The maximum Gasteiger partial charge on any atom is 0.174 e. The second-order valence-electron chi connectivity index (χ2n) is 6.43. The van der Waals surface area contributed by atoms with Crippen molar-refractivity contribution in [2.45, 2.75) is 31.2 Å². The van der Waals surface area contributed by atoms with Gasteiger partial charge >= 0.3 is 0 Å². The molecule has 4 aromatic rings. The van der Waals surface area contributed by atoms with Gasteiger partial charge in [0.05, 0.1) is 16.0 Å². The van der Waals surface area contributed by atoms with Crippen molar-refractivity contribution in [3.8, 4) is 0 Å². The van der Waals surface area contributed by atoms with E-state index in [0.29, 0.717) is 5.75 Å². The molecule has 1 aromatic carbocycles. The zero-order valence-corrected chi connectivity index (χ0v) is 17.7. The Morgan fingerprint density at radius 3 is 2.81 bits per heavy atom. The molecule has 0 bridgehead atoms. The fraction of sp³-hybridized carbons (Fsp3) is 0.238. The molecule has 3 heterocycles. The van der Waals surface area contributed by atoms with Gasteiger partial charge in [-0.2, -0.15) is 0 Å². The minimum Gasteiger partial charge on any atom is -0.348 e. The Bertz CT molecular complexity index is 1040. The number of rotatable bonds is 7. The number of carbonyl (C=O) groups excluding carboxylic acids is 1. The fourth-order valence-corrected chi connectivity index (χ4v) is 5.87. The zero-order chi connectivity index (χ0) is 18.8. The number of carbonyl (C=O) groups is 1. The van der Waals surface area contributed by atoms with E-state index in [2.05, 4.69) is 47.0 Å². The summed E-state index contributed by atoms with van der Waals surface area (Å²) in [5.74, 6) is 0.601. The minimum atomic E-state index is 0.176. The molecule has 0 atom stereocenters. The number of hydrogen-bond acceptors (Lipinski definition) is 5. The van der Waals surface area contributed by atoms with Crippen molar-refractivity contribution in [3.05, 3.63) is 69.7 Å². The third kappa shape index (κ3) is 4.03. The number of Topliss-reactive ketones (excluding diaryl/α,β-unsaturated/α-hetero) is 1. The average Bonchev–Trinajstić information content (AvgIpc) is 3.38.